The first-order valence-corrected chi connectivity index (χ1v) is 9.44. The maximum atomic E-state index is 13.6. The molecule has 4 nitrogen and oxygen atoms in total. The van der Waals surface area contributed by atoms with Crippen molar-refractivity contribution in [2.24, 2.45) is 0 Å². The number of likely N-dealkylation sites (N-methyl/N-ethyl adjacent to an activating group) is 1. The molecule has 1 amide bonds. The van der Waals surface area contributed by atoms with E-state index in [2.05, 4.69) is 5.32 Å². The van der Waals surface area contributed by atoms with Gasteiger partial charge in [-0.2, -0.15) is 0 Å². The molecule has 146 valence electrons. The Labute approximate surface area is 169 Å². The highest BCUT2D eigenvalue weighted by molar-refractivity contribution is 6.22. The minimum atomic E-state index is -0.308. The number of nitrogens with one attached hydrogen (secondary N) is 1. The van der Waals surface area contributed by atoms with Crippen LogP contribution in [0.1, 0.15) is 37.9 Å². The molecule has 1 unspecified atom stereocenters. The van der Waals surface area contributed by atoms with E-state index in [1.54, 1.807) is 24.3 Å². The number of fused-ring (bicyclic) bond motifs is 3. The van der Waals surface area contributed by atoms with Crippen molar-refractivity contribution >= 4 is 11.7 Å². The third-order valence-corrected chi connectivity index (χ3v) is 5.30. The Hall–Kier alpha value is -3.31. The summed E-state index contributed by atoms with van der Waals surface area (Å²) in [4.78, 5) is 27.3. The van der Waals surface area contributed by atoms with Crippen molar-refractivity contribution < 1.29 is 14.0 Å². The monoisotopic (exact) mass is 388 g/mol. The third kappa shape index (κ3) is 3.57. The molecule has 1 aliphatic rings. The Morgan fingerprint density at radius 2 is 1.66 bits per heavy atom. The summed E-state index contributed by atoms with van der Waals surface area (Å²) < 4.78 is 13.6. The van der Waals surface area contributed by atoms with Crippen LogP contribution in [0.4, 0.5) is 4.39 Å². The number of rotatable bonds is 5. The Balaban J connectivity index is 1.53. The fraction of sp³-hybridized carbons (Fsp3) is 0.167. The molecular formula is C24H21FN2O2. The molecular weight excluding hydrogens is 367 g/mol. The standard InChI is InChI=1S/C24H21FN2O2/c1-27(2)22(15-6-5-7-17(25)12-15)14-26-24(29)16-10-11-19-18-8-3-4-9-20(18)23(28)21(19)13-16/h3-13,22H,14H2,1-2H3,(H,26,29). The van der Waals surface area contributed by atoms with E-state index >= 15 is 0 Å². The van der Waals surface area contributed by atoms with E-state index in [1.807, 2.05) is 49.3 Å². The first kappa shape index (κ1) is 19.0. The number of carbonyl (C=O) groups is 2. The summed E-state index contributed by atoms with van der Waals surface area (Å²) in [7, 11) is 3.76. The molecule has 0 spiro atoms. The second-order valence-electron chi connectivity index (χ2n) is 7.38. The van der Waals surface area contributed by atoms with Crippen molar-refractivity contribution in [2.45, 2.75) is 6.04 Å². The summed E-state index contributed by atoms with van der Waals surface area (Å²) in [6.07, 6.45) is 0. The van der Waals surface area contributed by atoms with Gasteiger partial charge in [0.1, 0.15) is 5.82 Å². The van der Waals surface area contributed by atoms with Crippen molar-refractivity contribution in [3.05, 3.63) is 94.8 Å². The summed E-state index contributed by atoms with van der Waals surface area (Å²) in [5.74, 6) is -0.631. The molecule has 3 aromatic rings. The van der Waals surface area contributed by atoms with Crippen LogP contribution in [0.3, 0.4) is 0 Å². The van der Waals surface area contributed by atoms with Gasteiger partial charge in [0.05, 0.1) is 6.04 Å². The summed E-state index contributed by atoms with van der Waals surface area (Å²) in [6, 6.07) is 18.9. The minimum Gasteiger partial charge on any atom is -0.350 e. The number of nitrogens with zero attached hydrogens (tertiary/aromatic N) is 1. The van der Waals surface area contributed by atoms with Crippen LogP contribution in [0, 0.1) is 5.82 Å². The molecule has 0 saturated carbocycles. The molecule has 0 bridgehead atoms. The Morgan fingerprint density at radius 3 is 2.38 bits per heavy atom. The lowest BCUT2D eigenvalue weighted by Gasteiger charge is -2.25. The van der Waals surface area contributed by atoms with Gasteiger partial charge in [-0.3, -0.25) is 9.59 Å². The molecule has 5 heteroatoms. The van der Waals surface area contributed by atoms with Crippen LogP contribution in [0.15, 0.2) is 66.7 Å². The molecule has 0 fully saturated rings. The predicted octanol–water partition coefficient (Wildman–Crippen LogP) is 4.07. The maximum Gasteiger partial charge on any atom is 0.251 e. The number of benzene rings is 3. The number of carbonyl (C=O) groups excluding carboxylic acids is 2. The topological polar surface area (TPSA) is 49.4 Å². The van der Waals surface area contributed by atoms with Crippen LogP contribution in [-0.2, 0) is 0 Å². The van der Waals surface area contributed by atoms with Crippen LogP contribution in [0.5, 0.6) is 0 Å². The summed E-state index contributed by atoms with van der Waals surface area (Å²) in [5, 5.41) is 2.91. The van der Waals surface area contributed by atoms with Gasteiger partial charge in [0.2, 0.25) is 0 Å². The SMILES string of the molecule is CN(C)C(CNC(=O)c1ccc2c(c1)C(=O)c1ccccc1-2)c1cccc(F)c1. The van der Waals surface area contributed by atoms with E-state index in [0.29, 0.717) is 23.2 Å². The van der Waals surface area contributed by atoms with Gasteiger partial charge in [-0.25, -0.2) is 4.39 Å². The van der Waals surface area contributed by atoms with Crippen LogP contribution >= 0.6 is 0 Å². The zero-order valence-corrected chi connectivity index (χ0v) is 16.3. The lowest BCUT2D eigenvalue weighted by molar-refractivity contribution is 0.0942. The highest BCUT2D eigenvalue weighted by Gasteiger charge is 2.27. The van der Waals surface area contributed by atoms with E-state index in [9.17, 15) is 14.0 Å². The summed E-state index contributed by atoms with van der Waals surface area (Å²) in [5.41, 5.74) is 4.19. The molecule has 4 rings (SSSR count). The van der Waals surface area contributed by atoms with Gasteiger partial charge in [0, 0.05) is 23.2 Å². The van der Waals surface area contributed by atoms with Crippen molar-refractivity contribution in [3.63, 3.8) is 0 Å². The van der Waals surface area contributed by atoms with E-state index in [4.69, 9.17) is 0 Å². The lowest BCUT2D eigenvalue weighted by Crippen LogP contribution is -2.34. The smallest absolute Gasteiger partial charge is 0.251 e. The number of hydrogen-bond acceptors (Lipinski definition) is 3. The Kier molecular flexibility index (Phi) is 4.99. The second-order valence-corrected chi connectivity index (χ2v) is 7.38. The van der Waals surface area contributed by atoms with Crippen LogP contribution in [0.25, 0.3) is 11.1 Å². The molecule has 1 N–H and O–H groups in total. The second kappa shape index (κ2) is 7.60. The molecule has 1 atom stereocenters. The molecule has 29 heavy (non-hydrogen) atoms. The van der Waals surface area contributed by atoms with Gasteiger partial charge < -0.3 is 10.2 Å². The first-order valence-electron chi connectivity index (χ1n) is 9.44. The highest BCUT2D eigenvalue weighted by Crippen LogP contribution is 2.36. The molecule has 0 aromatic heterocycles. The number of halogens is 1. The van der Waals surface area contributed by atoms with Crippen molar-refractivity contribution in [2.75, 3.05) is 20.6 Å². The van der Waals surface area contributed by atoms with Crippen LogP contribution in [-0.4, -0.2) is 37.2 Å². The Bertz CT molecular complexity index is 1110. The first-order chi connectivity index (χ1) is 14.0. The van der Waals surface area contributed by atoms with Gasteiger partial charge in [0.15, 0.2) is 5.78 Å². The van der Waals surface area contributed by atoms with Crippen LogP contribution in [0.2, 0.25) is 0 Å². The maximum absolute atomic E-state index is 13.6. The van der Waals surface area contributed by atoms with Crippen molar-refractivity contribution in [3.8, 4) is 11.1 Å². The Morgan fingerprint density at radius 1 is 0.931 bits per heavy atom. The van der Waals surface area contributed by atoms with Crippen molar-refractivity contribution in [1.29, 1.82) is 0 Å². The van der Waals surface area contributed by atoms with Crippen molar-refractivity contribution in [1.82, 2.24) is 10.2 Å². The molecule has 1 aliphatic carbocycles. The normalized spacial score (nSPS) is 13.2. The number of ketones is 1. The van der Waals surface area contributed by atoms with Gasteiger partial charge in [-0.1, -0.05) is 42.5 Å². The fourth-order valence-corrected chi connectivity index (χ4v) is 3.77. The largest absolute Gasteiger partial charge is 0.350 e. The minimum absolute atomic E-state index is 0.0591. The predicted molar refractivity (Wildman–Crippen MR) is 110 cm³/mol. The zero-order valence-electron chi connectivity index (χ0n) is 16.3. The highest BCUT2D eigenvalue weighted by atomic mass is 19.1. The van der Waals surface area contributed by atoms with E-state index in [0.717, 1.165) is 16.7 Å². The van der Waals surface area contributed by atoms with Gasteiger partial charge in [-0.15, -0.1) is 0 Å². The van der Waals surface area contributed by atoms with Gasteiger partial charge in [-0.05, 0) is 55.1 Å². The summed E-state index contributed by atoms with van der Waals surface area (Å²) >= 11 is 0. The molecule has 0 radical (unpaired) electrons. The average Bonchev–Trinajstić information content (AvgIpc) is 3.00. The van der Waals surface area contributed by atoms with Crippen LogP contribution < -0.4 is 5.32 Å². The summed E-state index contributed by atoms with van der Waals surface area (Å²) in [6.45, 7) is 0.320. The fourth-order valence-electron chi connectivity index (χ4n) is 3.77. The van der Waals surface area contributed by atoms with Gasteiger partial charge >= 0.3 is 0 Å². The average molecular weight is 388 g/mol. The van der Waals surface area contributed by atoms with E-state index < -0.39 is 0 Å². The lowest BCUT2D eigenvalue weighted by atomic mass is 10.0. The molecule has 0 aliphatic heterocycles. The van der Waals surface area contributed by atoms with E-state index in [-0.39, 0.29) is 23.5 Å². The molecule has 0 heterocycles. The molecule has 0 saturated heterocycles. The van der Waals surface area contributed by atoms with Gasteiger partial charge in [0.25, 0.3) is 5.91 Å². The van der Waals surface area contributed by atoms with E-state index in [1.165, 1.54) is 12.1 Å². The number of amides is 1. The molecule has 3 aromatic carbocycles. The number of hydrogen-bond donors (Lipinski definition) is 1. The quantitative estimate of drug-likeness (QED) is 0.561. The zero-order chi connectivity index (χ0) is 20.5. The third-order valence-electron chi connectivity index (χ3n) is 5.30.